The molecule has 8 heteroatoms. The van der Waals surface area contributed by atoms with Crippen LogP contribution in [-0.4, -0.2) is 35.7 Å². The Bertz CT molecular complexity index is 214. The number of hydrogen-bond donors (Lipinski definition) is 1. The van der Waals surface area contributed by atoms with Crippen molar-refractivity contribution in [1.29, 1.82) is 0 Å². The Kier molecular flexibility index (Phi) is 17.4. The second kappa shape index (κ2) is 14.8. The molecule has 0 aliphatic heterocycles. The van der Waals surface area contributed by atoms with Gasteiger partial charge in [-0.3, -0.25) is 9.05 Å². The molecule has 0 heterocycles. The fourth-order valence-corrected chi connectivity index (χ4v) is 1.78. The lowest BCUT2D eigenvalue weighted by molar-refractivity contribution is 0.163. The van der Waals surface area contributed by atoms with Gasteiger partial charge < -0.3 is 4.89 Å². The summed E-state index contributed by atoms with van der Waals surface area (Å²) in [7, 11) is -3.89. The van der Waals surface area contributed by atoms with E-state index in [-0.39, 0.29) is 25.0 Å². The molecule has 0 bridgehead atoms. The predicted octanol–water partition coefficient (Wildman–Crippen LogP) is 3.79. The largest absolute Gasteiger partial charge is 0.472 e. The number of alkyl halides is 3. The lowest BCUT2D eigenvalue weighted by Gasteiger charge is -2.09. The van der Waals surface area contributed by atoms with Crippen LogP contribution in [-0.2, 0) is 13.6 Å². The van der Waals surface area contributed by atoms with Crippen LogP contribution in [0.3, 0.4) is 0 Å². The van der Waals surface area contributed by atoms with E-state index in [4.69, 9.17) is 39.7 Å². The molecule has 0 saturated carbocycles. The molecular weight excluding hydrogens is 309 g/mol. The van der Waals surface area contributed by atoms with E-state index >= 15 is 0 Å². The molecule has 0 atom stereocenters. The molecule has 0 aliphatic carbocycles. The van der Waals surface area contributed by atoms with Crippen LogP contribution in [0.4, 0.5) is 0 Å². The molecule has 0 aliphatic rings. The Labute approximate surface area is 117 Å². The quantitative estimate of drug-likeness (QED) is 0.419. The smallest absolute Gasteiger partial charge is 0.302 e. The molecule has 0 aromatic carbocycles. The van der Waals surface area contributed by atoms with E-state index < -0.39 is 7.82 Å². The molecule has 0 aromatic heterocycles. The SMILES string of the molecule is CC=CCCCl.O=P(O)(OCCCl)OCCCl. The van der Waals surface area contributed by atoms with Crippen molar-refractivity contribution in [2.45, 2.75) is 13.3 Å². The second-order valence-corrected chi connectivity index (χ2v) is 5.15. The van der Waals surface area contributed by atoms with Gasteiger partial charge in [0.05, 0.1) is 13.2 Å². The Morgan fingerprint density at radius 3 is 1.82 bits per heavy atom. The van der Waals surface area contributed by atoms with Gasteiger partial charge in [0.2, 0.25) is 0 Å². The molecule has 0 spiro atoms. The van der Waals surface area contributed by atoms with E-state index in [1.807, 2.05) is 19.1 Å². The maximum atomic E-state index is 10.7. The van der Waals surface area contributed by atoms with Crippen molar-refractivity contribution in [2.24, 2.45) is 0 Å². The van der Waals surface area contributed by atoms with E-state index in [9.17, 15) is 4.57 Å². The Hall–Kier alpha value is 0.720. The maximum Gasteiger partial charge on any atom is 0.472 e. The number of allylic oxidation sites excluding steroid dienone is 2. The maximum absolute atomic E-state index is 10.7. The molecule has 0 rings (SSSR count). The first kappa shape index (κ1) is 20.0. The lowest BCUT2D eigenvalue weighted by atomic mass is 10.4. The summed E-state index contributed by atoms with van der Waals surface area (Å²) in [6.07, 6.45) is 5.05. The van der Waals surface area contributed by atoms with Gasteiger partial charge >= 0.3 is 7.82 Å². The molecule has 104 valence electrons. The fourth-order valence-electron chi connectivity index (χ4n) is 0.567. The zero-order valence-electron chi connectivity index (χ0n) is 9.65. The Balaban J connectivity index is 0. The van der Waals surface area contributed by atoms with Gasteiger partial charge in [-0.15, -0.1) is 34.8 Å². The number of phosphoric acid groups is 1. The summed E-state index contributed by atoms with van der Waals surface area (Å²) in [5, 5.41) is 0. The number of rotatable bonds is 8. The van der Waals surface area contributed by atoms with Crippen LogP contribution < -0.4 is 0 Å². The third kappa shape index (κ3) is 19.2. The van der Waals surface area contributed by atoms with Crippen molar-refractivity contribution >= 4 is 42.6 Å². The first-order valence-corrected chi connectivity index (χ1v) is 8.04. The average Bonchev–Trinajstić information content (AvgIpc) is 2.32. The Morgan fingerprint density at radius 1 is 1.12 bits per heavy atom. The third-order valence-electron chi connectivity index (χ3n) is 1.17. The van der Waals surface area contributed by atoms with E-state index in [0.717, 1.165) is 12.3 Å². The van der Waals surface area contributed by atoms with Crippen molar-refractivity contribution in [2.75, 3.05) is 30.9 Å². The zero-order chi connectivity index (χ0) is 13.6. The fraction of sp³-hybridized carbons (Fsp3) is 0.778. The molecule has 0 unspecified atom stereocenters. The van der Waals surface area contributed by atoms with Crippen LogP contribution in [0.25, 0.3) is 0 Å². The average molecular weight is 328 g/mol. The van der Waals surface area contributed by atoms with Gasteiger partial charge in [0.1, 0.15) is 0 Å². The summed E-state index contributed by atoms with van der Waals surface area (Å²) >= 11 is 15.7. The van der Waals surface area contributed by atoms with Crippen LogP contribution >= 0.6 is 42.6 Å². The van der Waals surface area contributed by atoms with Crippen LogP contribution in [0.1, 0.15) is 13.3 Å². The van der Waals surface area contributed by atoms with Crippen LogP contribution in [0.5, 0.6) is 0 Å². The molecule has 0 radical (unpaired) electrons. The third-order valence-corrected chi connectivity index (χ3v) is 2.72. The first-order valence-electron chi connectivity index (χ1n) is 4.95. The minimum absolute atomic E-state index is 0.0163. The van der Waals surface area contributed by atoms with Gasteiger partial charge in [-0.25, -0.2) is 4.57 Å². The molecule has 1 N–H and O–H groups in total. The van der Waals surface area contributed by atoms with Crippen molar-refractivity contribution < 1.29 is 18.5 Å². The van der Waals surface area contributed by atoms with Gasteiger partial charge in [-0.2, -0.15) is 0 Å². The van der Waals surface area contributed by atoms with Crippen LogP contribution in [0.15, 0.2) is 12.2 Å². The topological polar surface area (TPSA) is 55.8 Å². The summed E-state index contributed by atoms with van der Waals surface area (Å²) in [5.41, 5.74) is 0. The molecular formula is C9H18Cl3O4P. The van der Waals surface area contributed by atoms with E-state index in [0.29, 0.717) is 0 Å². The standard InChI is InChI=1S/C5H9Cl.C4H9Cl2O4P/c1-2-3-4-5-6;5-1-3-9-11(7,8)10-4-2-6/h2-3H,4-5H2,1H3;1-4H2,(H,7,8). The van der Waals surface area contributed by atoms with Crippen molar-refractivity contribution in [3.05, 3.63) is 12.2 Å². The zero-order valence-corrected chi connectivity index (χ0v) is 12.8. The summed E-state index contributed by atoms with van der Waals surface area (Å²) < 4.78 is 19.5. The lowest BCUT2D eigenvalue weighted by Crippen LogP contribution is -1.99. The van der Waals surface area contributed by atoms with Crippen LogP contribution in [0.2, 0.25) is 0 Å². The molecule has 0 amide bonds. The number of phosphoric ester groups is 1. The molecule has 0 saturated heterocycles. The minimum Gasteiger partial charge on any atom is -0.302 e. The van der Waals surface area contributed by atoms with E-state index in [2.05, 4.69) is 9.05 Å². The minimum atomic E-state index is -3.89. The highest BCUT2D eigenvalue weighted by molar-refractivity contribution is 7.47. The summed E-state index contributed by atoms with van der Waals surface area (Å²) in [6.45, 7) is 1.96. The van der Waals surface area contributed by atoms with Gasteiger partial charge in [0.15, 0.2) is 0 Å². The molecule has 4 nitrogen and oxygen atoms in total. The summed E-state index contributed by atoms with van der Waals surface area (Å²) in [4.78, 5) is 8.77. The highest BCUT2D eigenvalue weighted by Crippen LogP contribution is 2.42. The second-order valence-electron chi connectivity index (χ2n) is 2.56. The summed E-state index contributed by atoms with van der Waals surface area (Å²) in [6, 6.07) is 0. The first-order chi connectivity index (χ1) is 8.04. The highest BCUT2D eigenvalue weighted by Gasteiger charge is 2.19. The molecule has 17 heavy (non-hydrogen) atoms. The monoisotopic (exact) mass is 326 g/mol. The number of halogens is 3. The summed E-state index contributed by atoms with van der Waals surface area (Å²) in [5.74, 6) is 1.04. The van der Waals surface area contributed by atoms with E-state index in [1.54, 1.807) is 0 Å². The molecule has 0 aromatic rings. The van der Waals surface area contributed by atoms with Crippen molar-refractivity contribution in [3.8, 4) is 0 Å². The molecule has 0 fully saturated rings. The Morgan fingerprint density at radius 2 is 1.59 bits per heavy atom. The van der Waals surface area contributed by atoms with Crippen molar-refractivity contribution in [1.82, 2.24) is 0 Å². The van der Waals surface area contributed by atoms with Crippen LogP contribution in [0, 0.1) is 0 Å². The van der Waals surface area contributed by atoms with Gasteiger partial charge in [-0.1, -0.05) is 12.2 Å². The number of hydrogen-bond acceptors (Lipinski definition) is 3. The van der Waals surface area contributed by atoms with Gasteiger partial charge in [0.25, 0.3) is 0 Å². The highest BCUT2D eigenvalue weighted by atomic mass is 35.5. The van der Waals surface area contributed by atoms with E-state index in [1.165, 1.54) is 0 Å². The van der Waals surface area contributed by atoms with Crippen molar-refractivity contribution in [3.63, 3.8) is 0 Å². The normalized spacial score (nSPS) is 11.4. The van der Waals surface area contributed by atoms with Gasteiger partial charge in [0, 0.05) is 17.6 Å². The van der Waals surface area contributed by atoms with Gasteiger partial charge in [-0.05, 0) is 13.3 Å². The predicted molar refractivity (Wildman–Crippen MR) is 73.3 cm³/mol.